The molecular formula is C17H20ClN3O5. The summed E-state index contributed by atoms with van der Waals surface area (Å²) in [6, 6.07) is -1.37. The SMILES string of the molecule is O=C(N[C@H](C(=O)N1C[C@H](Cl)[C@H]2OCC(=O)[C@H]21)C1CCCC1)c1cnco1. The van der Waals surface area contributed by atoms with Crippen molar-refractivity contribution in [2.75, 3.05) is 13.2 Å². The van der Waals surface area contributed by atoms with Crippen LogP contribution in [0.5, 0.6) is 0 Å². The van der Waals surface area contributed by atoms with E-state index < -0.39 is 29.5 Å². The minimum atomic E-state index is -0.717. The van der Waals surface area contributed by atoms with Crippen LogP contribution in [0.1, 0.15) is 36.2 Å². The molecule has 1 aromatic heterocycles. The smallest absolute Gasteiger partial charge is 0.289 e. The normalized spacial score (nSPS) is 29.8. The maximum atomic E-state index is 13.3. The summed E-state index contributed by atoms with van der Waals surface area (Å²) in [7, 11) is 0. The molecule has 3 aliphatic rings. The molecule has 2 aliphatic heterocycles. The van der Waals surface area contributed by atoms with Gasteiger partial charge in [0, 0.05) is 6.54 Å². The Morgan fingerprint density at radius 2 is 2.12 bits per heavy atom. The number of carbonyl (C=O) groups excluding carboxylic acids is 3. The largest absolute Gasteiger partial charge is 0.438 e. The number of hydrogen-bond acceptors (Lipinski definition) is 6. The highest BCUT2D eigenvalue weighted by Crippen LogP contribution is 2.34. The molecule has 2 amide bonds. The second-order valence-electron chi connectivity index (χ2n) is 7.05. The zero-order valence-corrected chi connectivity index (χ0v) is 14.9. The predicted octanol–water partition coefficient (Wildman–Crippen LogP) is 0.749. The average molecular weight is 382 g/mol. The standard InChI is InChI=1S/C17H20ClN3O5/c18-10-6-21(14-11(22)7-25-15(10)14)17(24)13(9-3-1-2-4-9)20-16(23)12-5-19-8-26-12/h5,8-10,13-15H,1-4,6-7H2,(H,20,23)/t10-,13-,14+,15+/m0/s1. The van der Waals surface area contributed by atoms with Crippen molar-refractivity contribution in [3.8, 4) is 0 Å². The van der Waals surface area contributed by atoms with Gasteiger partial charge in [-0.3, -0.25) is 14.4 Å². The first-order valence-electron chi connectivity index (χ1n) is 8.84. The highest BCUT2D eigenvalue weighted by molar-refractivity contribution is 6.22. The van der Waals surface area contributed by atoms with Gasteiger partial charge in [-0.25, -0.2) is 4.98 Å². The Kier molecular flexibility index (Phi) is 4.71. The summed E-state index contributed by atoms with van der Waals surface area (Å²) in [5, 5.41) is 2.36. The minimum Gasteiger partial charge on any atom is -0.438 e. The summed E-state index contributed by atoms with van der Waals surface area (Å²) in [6.45, 7) is 0.212. The molecule has 0 spiro atoms. The van der Waals surface area contributed by atoms with Gasteiger partial charge in [0.25, 0.3) is 5.91 Å². The molecule has 26 heavy (non-hydrogen) atoms. The van der Waals surface area contributed by atoms with Gasteiger partial charge in [-0.05, 0) is 18.8 Å². The summed E-state index contributed by atoms with van der Waals surface area (Å²) in [4.78, 5) is 43.1. The quantitative estimate of drug-likeness (QED) is 0.772. The van der Waals surface area contributed by atoms with Gasteiger partial charge < -0.3 is 19.4 Å². The fraction of sp³-hybridized carbons (Fsp3) is 0.647. The number of likely N-dealkylation sites (tertiary alicyclic amines) is 1. The van der Waals surface area contributed by atoms with Crippen molar-refractivity contribution in [3.63, 3.8) is 0 Å². The van der Waals surface area contributed by atoms with Gasteiger partial charge >= 0.3 is 0 Å². The summed E-state index contributed by atoms with van der Waals surface area (Å²) in [5.74, 6) is -0.824. The van der Waals surface area contributed by atoms with Crippen molar-refractivity contribution in [1.82, 2.24) is 15.2 Å². The number of nitrogens with zero attached hydrogens (tertiary/aromatic N) is 2. The van der Waals surface area contributed by atoms with Crippen LogP contribution in [0.3, 0.4) is 0 Å². The van der Waals surface area contributed by atoms with Crippen LogP contribution in [0.4, 0.5) is 0 Å². The van der Waals surface area contributed by atoms with Gasteiger partial charge in [0.15, 0.2) is 12.2 Å². The molecule has 1 aromatic rings. The van der Waals surface area contributed by atoms with Crippen molar-refractivity contribution >= 4 is 29.2 Å². The molecule has 0 aromatic carbocycles. The topological polar surface area (TPSA) is 102 Å². The highest BCUT2D eigenvalue weighted by atomic mass is 35.5. The number of alkyl halides is 1. The van der Waals surface area contributed by atoms with Crippen LogP contribution in [-0.4, -0.2) is 64.2 Å². The Morgan fingerprint density at radius 1 is 1.35 bits per heavy atom. The molecule has 4 atom stereocenters. The van der Waals surface area contributed by atoms with E-state index in [4.69, 9.17) is 20.8 Å². The second-order valence-corrected chi connectivity index (χ2v) is 7.62. The number of rotatable bonds is 4. The monoisotopic (exact) mass is 381 g/mol. The number of nitrogens with one attached hydrogen (secondary N) is 1. The minimum absolute atomic E-state index is 0.0269. The Labute approximate surface area is 155 Å². The molecule has 4 rings (SSSR count). The van der Waals surface area contributed by atoms with Crippen molar-refractivity contribution in [1.29, 1.82) is 0 Å². The van der Waals surface area contributed by atoms with Gasteiger partial charge in [0.1, 0.15) is 24.8 Å². The number of fused-ring (bicyclic) bond motifs is 1. The third-order valence-electron chi connectivity index (χ3n) is 5.49. The molecule has 3 heterocycles. The van der Waals surface area contributed by atoms with Crippen LogP contribution < -0.4 is 5.32 Å². The van der Waals surface area contributed by atoms with Crippen LogP contribution in [0.25, 0.3) is 0 Å². The lowest BCUT2D eigenvalue weighted by Gasteiger charge is -2.30. The fourth-order valence-electron chi connectivity index (χ4n) is 4.21. The molecule has 140 valence electrons. The van der Waals surface area contributed by atoms with Crippen molar-refractivity contribution in [2.45, 2.75) is 49.2 Å². The summed E-state index contributed by atoms with van der Waals surface area (Å²) < 4.78 is 10.5. The first-order chi connectivity index (χ1) is 12.6. The van der Waals surface area contributed by atoms with Gasteiger partial charge in [-0.2, -0.15) is 0 Å². The summed E-state index contributed by atoms with van der Waals surface area (Å²) >= 11 is 6.29. The predicted molar refractivity (Wildman–Crippen MR) is 89.6 cm³/mol. The summed E-state index contributed by atoms with van der Waals surface area (Å²) in [6.07, 6.45) is 5.73. The number of halogens is 1. The Bertz CT molecular complexity index is 703. The third kappa shape index (κ3) is 3.01. The van der Waals surface area contributed by atoms with Crippen molar-refractivity contribution in [2.24, 2.45) is 5.92 Å². The van der Waals surface area contributed by atoms with E-state index in [0.717, 1.165) is 25.7 Å². The van der Waals surface area contributed by atoms with E-state index in [2.05, 4.69) is 10.3 Å². The van der Waals surface area contributed by atoms with Gasteiger partial charge in [-0.15, -0.1) is 11.6 Å². The van der Waals surface area contributed by atoms with E-state index in [-0.39, 0.29) is 36.5 Å². The van der Waals surface area contributed by atoms with Crippen LogP contribution in [0.15, 0.2) is 17.0 Å². The maximum absolute atomic E-state index is 13.3. The Balaban J connectivity index is 1.56. The highest BCUT2D eigenvalue weighted by Gasteiger charge is 2.53. The first-order valence-corrected chi connectivity index (χ1v) is 9.28. The lowest BCUT2D eigenvalue weighted by molar-refractivity contribution is -0.139. The average Bonchev–Trinajstić information content (AvgIpc) is 3.40. The zero-order valence-electron chi connectivity index (χ0n) is 14.1. The Hall–Kier alpha value is -1.93. The van der Waals surface area contributed by atoms with Crippen molar-refractivity contribution in [3.05, 3.63) is 18.4 Å². The summed E-state index contributed by atoms with van der Waals surface area (Å²) in [5.41, 5.74) is 0. The number of oxazole rings is 1. The number of hydrogen-bond donors (Lipinski definition) is 1. The molecule has 1 saturated carbocycles. The lowest BCUT2D eigenvalue weighted by atomic mass is 9.96. The molecule has 8 nitrogen and oxygen atoms in total. The maximum Gasteiger partial charge on any atom is 0.289 e. The number of Topliss-reactive ketones (excluding diaryl/α,β-unsaturated/α-hetero) is 1. The molecule has 1 N–H and O–H groups in total. The number of ketones is 1. The van der Waals surface area contributed by atoms with Crippen LogP contribution in [0, 0.1) is 5.92 Å². The van der Waals surface area contributed by atoms with Crippen LogP contribution in [-0.2, 0) is 14.3 Å². The number of amides is 2. The van der Waals surface area contributed by atoms with Gasteiger partial charge in [-0.1, -0.05) is 12.8 Å². The molecule has 1 aliphatic carbocycles. The number of aromatic nitrogens is 1. The molecule has 0 bridgehead atoms. The molecule has 0 radical (unpaired) electrons. The molecule has 2 saturated heterocycles. The number of carbonyl (C=O) groups is 3. The van der Waals surface area contributed by atoms with Gasteiger partial charge in [0.2, 0.25) is 11.7 Å². The Morgan fingerprint density at radius 3 is 2.81 bits per heavy atom. The molecular weight excluding hydrogens is 362 g/mol. The van der Waals surface area contributed by atoms with E-state index in [1.807, 2.05) is 0 Å². The van der Waals surface area contributed by atoms with Crippen LogP contribution in [0.2, 0.25) is 0 Å². The van der Waals surface area contributed by atoms with E-state index in [1.54, 1.807) is 0 Å². The molecule has 9 heteroatoms. The molecule has 3 fully saturated rings. The van der Waals surface area contributed by atoms with E-state index >= 15 is 0 Å². The fourth-order valence-corrected chi connectivity index (χ4v) is 4.57. The zero-order chi connectivity index (χ0) is 18.3. The van der Waals surface area contributed by atoms with E-state index in [0.29, 0.717) is 0 Å². The van der Waals surface area contributed by atoms with E-state index in [1.165, 1.54) is 17.5 Å². The third-order valence-corrected chi connectivity index (χ3v) is 5.87. The van der Waals surface area contributed by atoms with Gasteiger partial charge in [0.05, 0.1) is 11.6 Å². The number of ether oxygens (including phenoxy) is 1. The van der Waals surface area contributed by atoms with Crippen molar-refractivity contribution < 1.29 is 23.5 Å². The second kappa shape index (κ2) is 7.00. The van der Waals surface area contributed by atoms with E-state index in [9.17, 15) is 14.4 Å². The molecule has 0 unspecified atom stereocenters. The first kappa shape index (κ1) is 17.5. The van der Waals surface area contributed by atoms with Crippen LogP contribution >= 0.6 is 11.6 Å². The lowest BCUT2D eigenvalue weighted by Crippen LogP contribution is -2.54.